The SMILES string of the molecule is CCCCNC(=O)[C@H](C)C[C@H](O)[C@@H](N)CC(C)(C)CC(=O)N1c2ccccc2CCC1C(=O)OC. The predicted molar refractivity (Wildman–Crippen MR) is 137 cm³/mol. The molecule has 0 saturated heterocycles. The average molecular weight is 490 g/mol. The van der Waals surface area contributed by atoms with Gasteiger partial charge < -0.3 is 20.9 Å². The quantitative estimate of drug-likeness (QED) is 0.307. The largest absolute Gasteiger partial charge is 0.467 e. The maximum Gasteiger partial charge on any atom is 0.328 e. The number of carbonyl (C=O) groups excluding carboxylic acids is 3. The summed E-state index contributed by atoms with van der Waals surface area (Å²) in [6.45, 7) is 8.34. The normalized spacial score (nSPS) is 18.3. The van der Waals surface area contributed by atoms with Crippen LogP contribution in [0.4, 0.5) is 5.69 Å². The van der Waals surface area contributed by atoms with E-state index in [1.54, 1.807) is 11.8 Å². The second kappa shape index (κ2) is 13.0. The van der Waals surface area contributed by atoms with Crippen LogP contribution in [0.25, 0.3) is 0 Å². The van der Waals surface area contributed by atoms with E-state index in [1.165, 1.54) is 7.11 Å². The predicted octanol–water partition coefficient (Wildman–Crippen LogP) is 2.94. The van der Waals surface area contributed by atoms with Gasteiger partial charge in [-0.3, -0.25) is 14.5 Å². The number of benzene rings is 1. The average Bonchev–Trinajstić information content (AvgIpc) is 2.81. The number of nitrogens with zero attached hydrogens (tertiary/aromatic N) is 1. The monoisotopic (exact) mass is 489 g/mol. The second-order valence-corrected chi connectivity index (χ2v) is 10.5. The maximum atomic E-state index is 13.5. The van der Waals surface area contributed by atoms with Crippen LogP contribution in [-0.2, 0) is 25.5 Å². The number of amides is 2. The summed E-state index contributed by atoms with van der Waals surface area (Å²) < 4.78 is 4.98. The van der Waals surface area contributed by atoms with Crippen LogP contribution >= 0.6 is 0 Å². The van der Waals surface area contributed by atoms with Crippen LogP contribution in [0, 0.1) is 11.3 Å². The molecular weight excluding hydrogens is 446 g/mol. The third-order valence-corrected chi connectivity index (χ3v) is 6.78. The number of hydrogen-bond donors (Lipinski definition) is 3. The van der Waals surface area contributed by atoms with Crippen molar-refractivity contribution in [2.24, 2.45) is 17.1 Å². The summed E-state index contributed by atoms with van der Waals surface area (Å²) in [5, 5.41) is 13.6. The molecule has 2 rings (SSSR count). The molecule has 35 heavy (non-hydrogen) atoms. The van der Waals surface area contributed by atoms with Gasteiger partial charge in [0, 0.05) is 30.6 Å². The second-order valence-electron chi connectivity index (χ2n) is 10.5. The maximum absolute atomic E-state index is 13.5. The highest BCUT2D eigenvalue weighted by Gasteiger charge is 2.39. The van der Waals surface area contributed by atoms with E-state index in [0.29, 0.717) is 25.8 Å². The molecule has 8 heteroatoms. The molecule has 0 saturated carbocycles. The Morgan fingerprint density at radius 1 is 1.29 bits per heavy atom. The minimum absolute atomic E-state index is 0.0863. The summed E-state index contributed by atoms with van der Waals surface area (Å²) in [5.74, 6) is -1.05. The molecule has 2 amide bonds. The topological polar surface area (TPSA) is 122 Å². The molecule has 1 aromatic rings. The number of methoxy groups -OCH3 is 1. The van der Waals surface area contributed by atoms with Crippen molar-refractivity contribution in [3.63, 3.8) is 0 Å². The molecule has 8 nitrogen and oxygen atoms in total. The van der Waals surface area contributed by atoms with Gasteiger partial charge in [0.25, 0.3) is 0 Å². The summed E-state index contributed by atoms with van der Waals surface area (Å²) in [7, 11) is 1.33. The number of para-hydroxylation sites is 1. The molecule has 0 radical (unpaired) electrons. The summed E-state index contributed by atoms with van der Waals surface area (Å²) in [6, 6.07) is 6.36. The van der Waals surface area contributed by atoms with Crippen LogP contribution in [-0.4, -0.2) is 54.7 Å². The number of hydrogen-bond acceptors (Lipinski definition) is 6. The number of rotatable bonds is 12. The van der Waals surface area contributed by atoms with Gasteiger partial charge in [-0.1, -0.05) is 52.3 Å². The van der Waals surface area contributed by atoms with Crippen LogP contribution in [0.2, 0.25) is 0 Å². The fourth-order valence-electron chi connectivity index (χ4n) is 4.76. The van der Waals surface area contributed by atoms with E-state index in [1.807, 2.05) is 38.1 Å². The van der Waals surface area contributed by atoms with Crippen LogP contribution in [0.5, 0.6) is 0 Å². The molecule has 1 aliphatic heterocycles. The highest BCUT2D eigenvalue weighted by atomic mass is 16.5. The van der Waals surface area contributed by atoms with E-state index in [9.17, 15) is 19.5 Å². The first-order valence-corrected chi connectivity index (χ1v) is 12.7. The smallest absolute Gasteiger partial charge is 0.328 e. The van der Waals surface area contributed by atoms with E-state index >= 15 is 0 Å². The molecule has 0 spiro atoms. The molecule has 4 atom stereocenters. The zero-order chi connectivity index (χ0) is 26.2. The fourth-order valence-corrected chi connectivity index (χ4v) is 4.76. The molecule has 4 N–H and O–H groups in total. The molecule has 1 unspecified atom stereocenters. The van der Waals surface area contributed by atoms with Gasteiger partial charge in [0.2, 0.25) is 11.8 Å². The Balaban J connectivity index is 2.03. The van der Waals surface area contributed by atoms with Crippen molar-refractivity contribution < 1.29 is 24.2 Å². The highest BCUT2D eigenvalue weighted by molar-refractivity contribution is 6.01. The zero-order valence-corrected chi connectivity index (χ0v) is 21.9. The third-order valence-electron chi connectivity index (χ3n) is 6.78. The Hall–Kier alpha value is -2.45. The first-order valence-electron chi connectivity index (χ1n) is 12.7. The van der Waals surface area contributed by atoms with Crippen molar-refractivity contribution >= 4 is 23.5 Å². The zero-order valence-electron chi connectivity index (χ0n) is 21.9. The number of carbonyl (C=O) groups is 3. The lowest BCUT2D eigenvalue weighted by Crippen LogP contribution is -2.50. The van der Waals surface area contributed by atoms with E-state index in [0.717, 1.165) is 24.1 Å². The lowest BCUT2D eigenvalue weighted by molar-refractivity contribution is -0.144. The first kappa shape index (κ1) is 28.8. The summed E-state index contributed by atoms with van der Waals surface area (Å²) in [5.41, 5.74) is 7.55. The number of aryl methyl sites for hydroxylation is 1. The molecule has 1 aromatic carbocycles. The van der Waals surface area contributed by atoms with Crippen LogP contribution < -0.4 is 16.0 Å². The number of aliphatic hydroxyl groups excluding tert-OH is 1. The summed E-state index contributed by atoms with van der Waals surface area (Å²) in [6.07, 6.45) is 3.06. The minimum atomic E-state index is -0.866. The number of nitrogens with two attached hydrogens (primary N) is 1. The summed E-state index contributed by atoms with van der Waals surface area (Å²) >= 11 is 0. The highest BCUT2D eigenvalue weighted by Crippen LogP contribution is 2.35. The Bertz CT molecular complexity index is 872. The van der Waals surface area contributed by atoms with Crippen molar-refractivity contribution in [2.75, 3.05) is 18.6 Å². The van der Waals surface area contributed by atoms with E-state index in [-0.39, 0.29) is 30.6 Å². The number of ether oxygens (including phenoxy) is 1. The van der Waals surface area contributed by atoms with Gasteiger partial charge in [-0.15, -0.1) is 0 Å². The molecule has 0 aromatic heterocycles. The standard InChI is InChI=1S/C27H43N3O5/c1-6-7-14-29-25(33)18(2)15-23(31)20(28)16-27(3,4)17-24(32)30-21-11-9-8-10-19(21)12-13-22(30)26(34)35-5/h8-11,18,20,22-23,31H,6-7,12-17,28H2,1-5H3,(H,29,33)/t18-,20+,22?,23+/m1/s1. The van der Waals surface area contributed by atoms with E-state index in [2.05, 4.69) is 12.2 Å². The van der Waals surface area contributed by atoms with Crippen LogP contribution in [0.15, 0.2) is 24.3 Å². The number of anilines is 1. The fraction of sp³-hybridized carbons (Fsp3) is 0.667. The van der Waals surface area contributed by atoms with Crippen molar-refractivity contribution in [1.82, 2.24) is 5.32 Å². The lowest BCUT2D eigenvalue weighted by atomic mass is 9.79. The Kier molecular flexibility index (Phi) is 10.7. The van der Waals surface area contributed by atoms with Crippen molar-refractivity contribution in [3.05, 3.63) is 29.8 Å². The van der Waals surface area contributed by atoms with Gasteiger partial charge >= 0.3 is 5.97 Å². The number of esters is 1. The molecule has 1 heterocycles. The Labute approximate surface area is 209 Å². The number of nitrogens with one attached hydrogen (secondary N) is 1. The summed E-state index contributed by atoms with van der Waals surface area (Å²) in [4.78, 5) is 39.8. The number of aliphatic hydroxyl groups is 1. The molecule has 0 bridgehead atoms. The van der Waals surface area contributed by atoms with Gasteiger partial charge in [0.05, 0.1) is 13.2 Å². The van der Waals surface area contributed by atoms with Gasteiger partial charge in [-0.05, 0) is 49.1 Å². The Morgan fingerprint density at radius 2 is 1.97 bits per heavy atom. The van der Waals surface area contributed by atoms with Gasteiger partial charge in [-0.25, -0.2) is 4.79 Å². The van der Waals surface area contributed by atoms with Gasteiger partial charge in [-0.2, -0.15) is 0 Å². The lowest BCUT2D eigenvalue weighted by Gasteiger charge is -2.38. The number of fused-ring (bicyclic) bond motifs is 1. The van der Waals surface area contributed by atoms with Crippen molar-refractivity contribution in [2.45, 2.75) is 90.8 Å². The number of unbranched alkanes of at least 4 members (excludes halogenated alkanes) is 1. The van der Waals surface area contributed by atoms with E-state index < -0.39 is 29.6 Å². The van der Waals surface area contributed by atoms with Crippen molar-refractivity contribution in [3.8, 4) is 0 Å². The van der Waals surface area contributed by atoms with Gasteiger partial charge in [0.15, 0.2) is 0 Å². The minimum Gasteiger partial charge on any atom is -0.467 e. The van der Waals surface area contributed by atoms with Crippen molar-refractivity contribution in [1.29, 1.82) is 0 Å². The molecule has 1 aliphatic rings. The molecular formula is C27H43N3O5. The molecule has 0 aliphatic carbocycles. The van der Waals surface area contributed by atoms with Crippen LogP contribution in [0.3, 0.4) is 0 Å². The third kappa shape index (κ3) is 8.04. The first-order chi connectivity index (χ1) is 16.5. The van der Waals surface area contributed by atoms with Crippen LogP contribution in [0.1, 0.15) is 71.8 Å². The molecule has 0 fully saturated rings. The Morgan fingerprint density at radius 3 is 2.63 bits per heavy atom. The molecule has 196 valence electrons. The van der Waals surface area contributed by atoms with Gasteiger partial charge in [0.1, 0.15) is 6.04 Å². The van der Waals surface area contributed by atoms with E-state index in [4.69, 9.17) is 10.5 Å².